The first-order valence-electron chi connectivity index (χ1n) is 15.7. The van der Waals surface area contributed by atoms with Crippen molar-refractivity contribution in [1.82, 2.24) is 14.5 Å². The number of thiazole rings is 1. The van der Waals surface area contributed by atoms with Crippen LogP contribution in [0.4, 0.5) is 0 Å². The fourth-order valence-electron chi connectivity index (χ4n) is 6.30. The Hall–Kier alpha value is -3.48. The third kappa shape index (κ3) is 6.33. The van der Waals surface area contributed by atoms with Crippen LogP contribution in [0.5, 0.6) is 0 Å². The molecule has 44 heavy (non-hydrogen) atoms. The van der Waals surface area contributed by atoms with Gasteiger partial charge in [0.05, 0.1) is 28.2 Å². The summed E-state index contributed by atoms with van der Waals surface area (Å²) in [6, 6.07) is 15.7. The number of aryl methyl sites for hydroxylation is 2. The largest absolute Gasteiger partial charge is 0.335 e. The maximum absolute atomic E-state index is 14.8. The van der Waals surface area contributed by atoms with Crippen LogP contribution in [0.3, 0.4) is 0 Å². The molecule has 0 bridgehead atoms. The topological polar surface area (TPSA) is 55.2 Å². The molecule has 7 heteroatoms. The van der Waals surface area contributed by atoms with Crippen LogP contribution in [0.2, 0.25) is 5.02 Å². The van der Waals surface area contributed by atoms with E-state index in [1.54, 1.807) is 0 Å². The van der Waals surface area contributed by atoms with Crippen LogP contribution in [0.15, 0.2) is 64.3 Å². The number of likely N-dealkylation sites (tertiary alicyclic amines) is 1. The monoisotopic (exact) mass is 627 g/mol. The van der Waals surface area contributed by atoms with Crippen molar-refractivity contribution in [3.8, 4) is 27.5 Å². The molecule has 1 amide bonds. The summed E-state index contributed by atoms with van der Waals surface area (Å²) < 4.78 is 1.81. The predicted octanol–water partition coefficient (Wildman–Crippen LogP) is 9.48. The Morgan fingerprint density at radius 2 is 1.75 bits per heavy atom. The van der Waals surface area contributed by atoms with E-state index in [0.29, 0.717) is 39.3 Å². The lowest BCUT2D eigenvalue weighted by Gasteiger charge is -2.38. The molecule has 4 aromatic rings. The van der Waals surface area contributed by atoms with Gasteiger partial charge in [0.2, 0.25) is 0 Å². The fourth-order valence-corrected chi connectivity index (χ4v) is 7.27. The van der Waals surface area contributed by atoms with E-state index in [2.05, 4.69) is 50.8 Å². The zero-order chi connectivity index (χ0) is 31.5. The first-order chi connectivity index (χ1) is 21.1. The van der Waals surface area contributed by atoms with Crippen LogP contribution in [-0.2, 0) is 12.8 Å². The van der Waals surface area contributed by atoms with Crippen molar-refractivity contribution in [2.75, 3.05) is 6.54 Å². The molecule has 0 spiro atoms. The van der Waals surface area contributed by atoms with Crippen molar-refractivity contribution >= 4 is 34.9 Å². The average Bonchev–Trinajstić information content (AvgIpc) is 3.51. The van der Waals surface area contributed by atoms with Crippen molar-refractivity contribution in [1.29, 1.82) is 0 Å². The molecule has 2 aromatic heterocycles. The molecule has 1 aliphatic rings. The maximum atomic E-state index is 14.8. The number of piperidine rings is 1. The van der Waals surface area contributed by atoms with E-state index < -0.39 is 0 Å². The highest BCUT2D eigenvalue weighted by atomic mass is 35.5. The quantitative estimate of drug-likeness (QED) is 0.195. The van der Waals surface area contributed by atoms with Gasteiger partial charge in [0.15, 0.2) is 0 Å². The van der Waals surface area contributed by atoms with Crippen molar-refractivity contribution in [2.45, 2.75) is 79.7 Å². The van der Waals surface area contributed by atoms with Crippen molar-refractivity contribution in [2.24, 2.45) is 5.92 Å². The molecule has 0 aliphatic carbocycles. The van der Waals surface area contributed by atoms with Gasteiger partial charge in [-0.25, -0.2) is 4.98 Å². The molecule has 1 fully saturated rings. The zero-order valence-corrected chi connectivity index (χ0v) is 28.2. The Morgan fingerprint density at radius 3 is 2.36 bits per heavy atom. The number of carbonyl (C=O) groups is 1. The van der Waals surface area contributed by atoms with Crippen molar-refractivity contribution in [3.05, 3.63) is 97.2 Å². The van der Waals surface area contributed by atoms with Gasteiger partial charge in [-0.3, -0.25) is 14.2 Å². The Labute approximate surface area is 270 Å². The lowest BCUT2D eigenvalue weighted by Crippen LogP contribution is -2.47. The van der Waals surface area contributed by atoms with Gasteiger partial charge in [0.25, 0.3) is 11.5 Å². The molecule has 2 aromatic carbocycles. The van der Waals surface area contributed by atoms with Gasteiger partial charge < -0.3 is 4.90 Å². The molecule has 1 saturated heterocycles. The highest BCUT2D eigenvalue weighted by molar-refractivity contribution is 7.13. The SMILES string of the molecule is CCc1cccc(CC)c1-n1c(C=C(C)C)c(C(=O)N2CCCCC2C(C)C)cc(-c2nc(-c3ccc(Cl)cc3)cs2)c1=O. The number of carbonyl (C=O) groups excluding carboxylic acids is 1. The summed E-state index contributed by atoms with van der Waals surface area (Å²) in [6.07, 6.45) is 6.61. The van der Waals surface area contributed by atoms with E-state index in [1.807, 2.05) is 60.2 Å². The second-order valence-corrected chi connectivity index (χ2v) is 13.5. The molecule has 5 rings (SSSR count). The molecule has 3 heterocycles. The minimum absolute atomic E-state index is 0.0209. The molecular weight excluding hydrogens is 586 g/mol. The van der Waals surface area contributed by atoms with Gasteiger partial charge in [-0.1, -0.05) is 75.2 Å². The average molecular weight is 628 g/mol. The first-order valence-corrected chi connectivity index (χ1v) is 17.0. The molecule has 0 radical (unpaired) electrons. The van der Waals surface area contributed by atoms with Gasteiger partial charge in [-0.15, -0.1) is 11.3 Å². The molecule has 1 atom stereocenters. The van der Waals surface area contributed by atoms with Gasteiger partial charge in [0, 0.05) is 28.6 Å². The Kier molecular flexibility index (Phi) is 9.91. The van der Waals surface area contributed by atoms with Crippen LogP contribution in [0, 0.1) is 5.92 Å². The minimum atomic E-state index is -0.166. The summed E-state index contributed by atoms with van der Waals surface area (Å²) in [5.41, 5.74) is 7.20. The number of aromatic nitrogens is 2. The van der Waals surface area contributed by atoms with E-state index in [1.165, 1.54) is 11.3 Å². The van der Waals surface area contributed by atoms with E-state index in [-0.39, 0.29) is 17.5 Å². The van der Waals surface area contributed by atoms with E-state index in [0.717, 1.165) is 65.7 Å². The molecular formula is C37H42ClN3O2S. The number of pyridine rings is 1. The van der Waals surface area contributed by atoms with Crippen molar-refractivity contribution < 1.29 is 4.79 Å². The number of halogens is 1. The summed E-state index contributed by atoms with van der Waals surface area (Å²) in [4.78, 5) is 36.5. The Balaban J connectivity index is 1.83. The smallest absolute Gasteiger partial charge is 0.265 e. The van der Waals surface area contributed by atoms with Crippen LogP contribution in [-0.4, -0.2) is 32.9 Å². The zero-order valence-electron chi connectivity index (χ0n) is 26.6. The first kappa shape index (κ1) is 31.9. The number of benzene rings is 2. The third-order valence-corrected chi connectivity index (χ3v) is 9.67. The molecule has 230 valence electrons. The standard InChI is InChI=1S/C37H42ClN3O2S/c1-7-25-12-11-13-26(8-2)34(25)41-33(20-23(3)4)29(36(42)40-19-10-9-14-32(40)24(5)6)21-30(37(41)43)35-39-31(22-44-35)27-15-17-28(38)18-16-27/h11-13,15-18,20-22,24,32H,7-10,14,19H2,1-6H3. The molecule has 5 nitrogen and oxygen atoms in total. The second-order valence-electron chi connectivity index (χ2n) is 12.2. The van der Waals surface area contributed by atoms with E-state index >= 15 is 0 Å². The number of allylic oxidation sites excluding steroid dienone is 1. The van der Waals surface area contributed by atoms with Gasteiger partial charge in [0.1, 0.15) is 5.01 Å². The van der Waals surface area contributed by atoms with Crippen molar-refractivity contribution in [3.63, 3.8) is 0 Å². The normalized spacial score (nSPS) is 15.1. The fraction of sp³-hybridized carbons (Fsp3) is 0.378. The summed E-state index contributed by atoms with van der Waals surface area (Å²) in [5, 5.41) is 3.21. The predicted molar refractivity (Wildman–Crippen MR) is 185 cm³/mol. The Morgan fingerprint density at radius 1 is 1.07 bits per heavy atom. The summed E-state index contributed by atoms with van der Waals surface area (Å²) in [5.74, 6) is 0.317. The molecule has 1 unspecified atom stereocenters. The van der Waals surface area contributed by atoms with Gasteiger partial charge in [-0.05, 0) is 87.3 Å². The number of nitrogens with zero attached hydrogens (tertiary/aromatic N) is 3. The van der Waals surface area contributed by atoms with E-state index in [4.69, 9.17) is 16.6 Å². The van der Waals surface area contributed by atoms with Gasteiger partial charge >= 0.3 is 0 Å². The van der Waals surface area contributed by atoms with Crippen LogP contribution < -0.4 is 5.56 Å². The third-order valence-electron chi connectivity index (χ3n) is 8.54. The highest BCUT2D eigenvalue weighted by Gasteiger charge is 2.33. The molecule has 1 aliphatic heterocycles. The highest BCUT2D eigenvalue weighted by Crippen LogP contribution is 2.33. The van der Waals surface area contributed by atoms with E-state index in [9.17, 15) is 9.59 Å². The van der Waals surface area contributed by atoms with Crippen LogP contribution in [0.25, 0.3) is 33.6 Å². The number of rotatable bonds is 8. The van der Waals surface area contributed by atoms with Crippen LogP contribution in [0.1, 0.15) is 88.0 Å². The number of amides is 1. The maximum Gasteiger partial charge on any atom is 0.265 e. The summed E-state index contributed by atoms with van der Waals surface area (Å²) >= 11 is 7.56. The second kappa shape index (κ2) is 13.7. The lowest BCUT2D eigenvalue weighted by molar-refractivity contribution is 0.0542. The summed E-state index contributed by atoms with van der Waals surface area (Å²) in [6.45, 7) is 13.4. The minimum Gasteiger partial charge on any atom is -0.335 e. The lowest BCUT2D eigenvalue weighted by atomic mass is 9.91. The number of hydrogen-bond donors (Lipinski definition) is 0. The van der Waals surface area contributed by atoms with Gasteiger partial charge in [-0.2, -0.15) is 0 Å². The molecule has 0 saturated carbocycles. The number of para-hydroxylation sites is 1. The Bertz CT molecular complexity index is 1720. The summed E-state index contributed by atoms with van der Waals surface area (Å²) in [7, 11) is 0. The number of hydrogen-bond acceptors (Lipinski definition) is 4. The van der Waals surface area contributed by atoms with Crippen LogP contribution >= 0.6 is 22.9 Å². The molecule has 0 N–H and O–H groups in total.